The van der Waals surface area contributed by atoms with Gasteiger partial charge in [-0.25, -0.2) is 0 Å². The number of aromatic nitrogens is 4. The van der Waals surface area contributed by atoms with Gasteiger partial charge < -0.3 is 18.3 Å². The minimum atomic E-state index is -0.389. The van der Waals surface area contributed by atoms with Gasteiger partial charge in [-0.05, 0) is 209 Å². The second kappa shape index (κ2) is 29.2. The number of para-hydroxylation sites is 3. The summed E-state index contributed by atoms with van der Waals surface area (Å²) in [6.07, 6.45) is 0. The van der Waals surface area contributed by atoms with Crippen LogP contribution in [0.2, 0.25) is 0 Å². The van der Waals surface area contributed by atoms with Crippen molar-refractivity contribution in [1.29, 1.82) is 0 Å². The van der Waals surface area contributed by atoms with Gasteiger partial charge in [-0.15, -0.1) is 0 Å². The van der Waals surface area contributed by atoms with Crippen LogP contribution >= 0.6 is 0 Å². The Hall–Kier alpha value is -12.5. The molecule has 0 atom stereocenters. The number of benzene rings is 15. The van der Waals surface area contributed by atoms with Crippen LogP contribution in [0.1, 0.15) is 150 Å². The van der Waals surface area contributed by atoms with Gasteiger partial charge in [0, 0.05) is 60.2 Å². The van der Waals surface area contributed by atoms with Crippen molar-refractivity contribution in [1.82, 2.24) is 18.3 Å². The minimum absolute atomic E-state index is 0.0481. The summed E-state index contributed by atoms with van der Waals surface area (Å²) in [5.41, 5.74) is 26.5. The molecular formula is C111H104N4. The normalized spacial score (nSPS) is 13.4. The highest BCUT2D eigenvalue weighted by Crippen LogP contribution is 2.51. The average Bonchev–Trinajstić information content (AvgIpc) is 1.56. The third-order valence-electron chi connectivity index (χ3n) is 22.8. The molecular weight excluding hydrogens is 1390 g/mol. The molecule has 0 amide bonds. The van der Waals surface area contributed by atoms with Gasteiger partial charge in [0.15, 0.2) is 0 Å². The first kappa shape index (κ1) is 65.0. The van der Waals surface area contributed by atoms with Crippen molar-refractivity contribution in [2.45, 2.75) is 138 Å². The molecule has 0 unspecified atom stereocenters. The lowest BCUT2D eigenvalue weighted by Crippen LogP contribution is -2.16. The van der Waals surface area contributed by atoms with E-state index in [2.05, 4.69) is 328 Å². The van der Waals surface area contributed by atoms with Crippen molar-refractivity contribution in [2.24, 2.45) is 0 Å². The Balaban J connectivity index is 0.000000134. The number of nitrogens with zero attached hydrogens (tertiary/aromatic N) is 4. The van der Waals surface area contributed by atoms with Gasteiger partial charge in [-0.1, -0.05) is 346 Å². The van der Waals surface area contributed by atoms with E-state index in [1.165, 1.54) is 88.4 Å². The van der Waals surface area contributed by atoms with Crippen LogP contribution in [0.25, 0.3) is 154 Å². The highest BCUT2D eigenvalue weighted by atomic mass is 15.0. The van der Waals surface area contributed by atoms with E-state index in [1.54, 1.807) is 6.92 Å². The third kappa shape index (κ3) is 13.6. The molecule has 0 spiro atoms. The first-order valence-corrected chi connectivity index (χ1v) is 40.3. The number of rotatable bonds is 8. The molecule has 115 heavy (non-hydrogen) atoms. The molecule has 19 aromatic rings. The summed E-state index contributed by atoms with van der Waals surface area (Å²) in [5.74, 6) is 0. The lowest BCUT2D eigenvalue weighted by molar-refractivity contribution is 0.590. The molecule has 0 aliphatic rings. The topological polar surface area (TPSA) is 19.7 Å². The molecule has 0 bridgehead atoms. The van der Waals surface area contributed by atoms with Gasteiger partial charge in [0.25, 0.3) is 0 Å². The van der Waals surface area contributed by atoms with Crippen molar-refractivity contribution < 1.29 is 12.3 Å². The van der Waals surface area contributed by atoms with Gasteiger partial charge in [-0.3, -0.25) is 0 Å². The first-order chi connectivity index (χ1) is 59.0. The van der Waals surface area contributed by atoms with Crippen LogP contribution in [0.15, 0.2) is 340 Å². The molecule has 0 N–H and O–H groups in total. The molecule has 15 aromatic carbocycles. The number of fused-ring (bicyclic) bond motifs is 12. The molecule has 19 rings (SSSR count). The Kier molecular flexibility index (Phi) is 16.5. The average molecular weight is 1500 g/mol. The molecule has 0 radical (unpaired) electrons. The maximum atomic E-state index is 8.81. The molecule has 0 saturated heterocycles. The van der Waals surface area contributed by atoms with E-state index in [0.29, 0.717) is 16.7 Å². The SMILES string of the molecule is CC(C)(C)c1ccc2c(c1)c1cc(C(C)(C)C)ccc1n2-c1ccc2c(c1C(C)(C)C)c1c(-c3ccccc3)cccc1n2-c1ccccc1.[2H]c1c([2H])c(C)c([2H])c(-c2cccc3c2c2c(C(C)(C)C)cccc2n3-c2ccccc2)c1[2H].[2H]c1c([2H])c([2H])c(-c2cccc3c2c2c(C(C)(C)C)c(-c4ccccc4)ccc2n3-c2ccccc2)c([2H])c1[2H]. The molecule has 0 fully saturated rings. The monoisotopic (exact) mass is 1500 g/mol. The van der Waals surface area contributed by atoms with Crippen LogP contribution in [0, 0.1) is 6.92 Å². The van der Waals surface area contributed by atoms with E-state index < -0.39 is 0 Å². The van der Waals surface area contributed by atoms with Gasteiger partial charge in [0.05, 0.1) is 62.2 Å². The zero-order valence-electron chi connectivity index (χ0n) is 77.9. The van der Waals surface area contributed by atoms with Crippen molar-refractivity contribution in [2.75, 3.05) is 0 Å². The largest absolute Gasteiger partial charge is 0.309 e. The van der Waals surface area contributed by atoms with Gasteiger partial charge in [-0.2, -0.15) is 0 Å². The Morgan fingerprint density at radius 1 is 0.243 bits per heavy atom. The van der Waals surface area contributed by atoms with Crippen molar-refractivity contribution >= 4 is 87.2 Å². The maximum Gasteiger partial charge on any atom is 0.0632 e. The summed E-state index contributed by atoms with van der Waals surface area (Å²) in [6.45, 7) is 35.9. The van der Waals surface area contributed by atoms with Crippen molar-refractivity contribution in [3.63, 3.8) is 0 Å². The fraction of sp³-hybridized carbons (Fsp3) is 0.189. The smallest absolute Gasteiger partial charge is 0.0632 e. The molecule has 4 heteroatoms. The fourth-order valence-corrected chi connectivity index (χ4v) is 17.6. The Labute approximate surface area is 691 Å². The summed E-state index contributed by atoms with van der Waals surface area (Å²) >= 11 is 0. The quantitative estimate of drug-likeness (QED) is 0.144. The fourth-order valence-electron chi connectivity index (χ4n) is 17.6. The summed E-state index contributed by atoms with van der Waals surface area (Å²) < 4.78 is 86.0. The molecule has 0 saturated carbocycles. The van der Waals surface area contributed by atoms with Gasteiger partial charge in [0.2, 0.25) is 0 Å². The summed E-state index contributed by atoms with van der Waals surface area (Å²) in [5, 5.41) is 9.23. The van der Waals surface area contributed by atoms with Gasteiger partial charge in [0.1, 0.15) is 0 Å². The minimum Gasteiger partial charge on any atom is -0.309 e. The van der Waals surface area contributed by atoms with Crippen molar-refractivity contribution in [3.05, 3.63) is 373 Å². The Morgan fingerprint density at radius 3 is 1.05 bits per heavy atom. The van der Waals surface area contributed by atoms with E-state index in [9.17, 15) is 0 Å². The Morgan fingerprint density at radius 2 is 0.609 bits per heavy atom. The first-order valence-electron chi connectivity index (χ1n) is 44.8. The molecule has 568 valence electrons. The lowest BCUT2D eigenvalue weighted by Gasteiger charge is -2.26. The Bertz CT molecular complexity index is 7320. The number of hydrogen-bond acceptors (Lipinski definition) is 0. The van der Waals surface area contributed by atoms with Crippen LogP contribution in [0.3, 0.4) is 0 Å². The maximum absolute atomic E-state index is 8.81. The summed E-state index contributed by atoms with van der Waals surface area (Å²) in [4.78, 5) is 0. The molecule has 0 aliphatic heterocycles. The predicted molar refractivity (Wildman–Crippen MR) is 497 cm³/mol. The standard InChI is InChI=1S/C48H48N2.C34H29N.C29H27N/c1-46(2,3)32-23-25-38-36(29-32)37-30-33(47(4,5)6)24-26-39(37)50(38)42-28-27-41-44(45(42)48(7,8)9)43-35(31-17-12-10-13-18-31)21-16-22-40(43)49(41)34-19-14-11-15-20-34;1-34(2,3)33-28(25-16-9-5-10-17-25)22-23-30-32(33)31-27(24-14-7-4-8-15-24)20-13-21-29(31)35(30)26-18-11-6-12-19-26;1-20-11-8-12-21(19-20)23-15-9-17-25-27(23)28-24(29(2,3)4)16-10-18-26(28)30(25)22-13-6-5-7-14-22/h10-30H,1-9H3;4-23H,1-3H3;5-19H,1-4H3/i;4D,7D,8D,14D,15D;8D,11D,12D,19D. The second-order valence-corrected chi connectivity index (χ2v) is 35.8. The van der Waals surface area contributed by atoms with Crippen molar-refractivity contribution in [3.8, 4) is 67.3 Å². The molecule has 4 heterocycles. The van der Waals surface area contributed by atoms with Crippen LogP contribution in [0.5, 0.6) is 0 Å². The van der Waals surface area contributed by atoms with E-state index in [4.69, 9.17) is 12.3 Å². The number of hydrogen-bond donors (Lipinski definition) is 0. The van der Waals surface area contributed by atoms with Crippen LogP contribution in [-0.2, 0) is 27.1 Å². The molecule has 0 aliphatic carbocycles. The van der Waals surface area contributed by atoms with Crippen LogP contribution in [0.4, 0.5) is 0 Å². The van der Waals surface area contributed by atoms with Gasteiger partial charge >= 0.3 is 0 Å². The zero-order chi connectivity index (χ0) is 87.9. The second-order valence-electron chi connectivity index (χ2n) is 35.8. The zero-order valence-corrected chi connectivity index (χ0v) is 68.9. The highest BCUT2D eigenvalue weighted by Gasteiger charge is 2.33. The summed E-state index contributed by atoms with van der Waals surface area (Å²) in [7, 11) is 0. The van der Waals surface area contributed by atoms with E-state index >= 15 is 0 Å². The van der Waals surface area contributed by atoms with E-state index in [0.717, 1.165) is 77.2 Å². The van der Waals surface area contributed by atoms with Crippen LogP contribution in [-0.4, -0.2) is 18.3 Å². The van der Waals surface area contributed by atoms with Crippen LogP contribution < -0.4 is 0 Å². The predicted octanol–water partition coefficient (Wildman–Crippen LogP) is 30.9. The summed E-state index contributed by atoms with van der Waals surface area (Å²) in [6, 6.07) is 99.3. The lowest BCUT2D eigenvalue weighted by atomic mass is 9.78. The molecule has 4 aromatic heterocycles. The van der Waals surface area contributed by atoms with E-state index in [1.807, 2.05) is 78.9 Å². The highest BCUT2D eigenvalue weighted by molar-refractivity contribution is 6.21. The molecule has 4 nitrogen and oxygen atoms in total. The third-order valence-corrected chi connectivity index (χ3v) is 22.8. The van der Waals surface area contributed by atoms with E-state index in [-0.39, 0.29) is 87.0 Å².